The summed E-state index contributed by atoms with van der Waals surface area (Å²) < 4.78 is 16.1. The second-order valence-corrected chi connectivity index (χ2v) is 8.30. The number of methoxy groups -OCH3 is 2. The number of pyridine rings is 3. The van der Waals surface area contributed by atoms with Gasteiger partial charge in [0, 0.05) is 31.0 Å². The molecule has 3 atom stereocenters. The van der Waals surface area contributed by atoms with E-state index in [2.05, 4.69) is 20.3 Å². The van der Waals surface area contributed by atoms with Gasteiger partial charge in [0.25, 0.3) is 0 Å². The summed E-state index contributed by atoms with van der Waals surface area (Å²) in [7, 11) is 3.17. The van der Waals surface area contributed by atoms with Crippen LogP contribution in [-0.4, -0.2) is 47.9 Å². The number of carbonyl (C=O) groups is 1. The van der Waals surface area contributed by atoms with Crippen LogP contribution in [0.25, 0.3) is 10.8 Å². The molecule has 0 fully saturated rings. The average molecular weight is 438 g/mol. The number of hydrogen-bond donors (Lipinski definition) is 2. The molecule has 0 unspecified atom stereocenters. The Hall–Kier alpha value is -3.30. The van der Waals surface area contributed by atoms with E-state index in [0.29, 0.717) is 35.4 Å². The Bertz CT molecular complexity index is 1180. The van der Waals surface area contributed by atoms with Crippen molar-refractivity contribution in [2.75, 3.05) is 26.1 Å². The average Bonchev–Trinajstić information content (AvgIpc) is 2.76. The molecule has 9 heteroatoms. The Kier molecular flexibility index (Phi) is 5.70. The van der Waals surface area contributed by atoms with Gasteiger partial charge in [-0.05, 0) is 37.4 Å². The van der Waals surface area contributed by atoms with Crippen molar-refractivity contribution in [2.45, 2.75) is 38.3 Å². The van der Waals surface area contributed by atoms with Crippen LogP contribution in [0.4, 0.5) is 11.6 Å². The first-order valence-electron chi connectivity index (χ1n) is 10.3. The zero-order valence-electron chi connectivity index (χ0n) is 18.8. The summed E-state index contributed by atoms with van der Waals surface area (Å²) in [6.07, 6.45) is 3.16. The van der Waals surface area contributed by atoms with E-state index < -0.39 is 5.54 Å². The maximum absolute atomic E-state index is 12.2. The smallest absolute Gasteiger partial charge is 0.340 e. The summed E-state index contributed by atoms with van der Waals surface area (Å²) in [4.78, 5) is 25.7. The van der Waals surface area contributed by atoms with E-state index in [4.69, 9.17) is 19.9 Å². The molecule has 0 saturated heterocycles. The van der Waals surface area contributed by atoms with Crippen LogP contribution in [0.2, 0.25) is 0 Å². The lowest BCUT2D eigenvalue weighted by Gasteiger charge is -2.27. The zero-order valence-corrected chi connectivity index (χ0v) is 18.8. The molecule has 9 nitrogen and oxygen atoms in total. The zero-order chi connectivity index (χ0) is 23.0. The number of ether oxygens (including phenoxy) is 3. The van der Waals surface area contributed by atoms with E-state index in [9.17, 15) is 4.79 Å². The molecule has 1 aliphatic heterocycles. The molecule has 0 aliphatic carbocycles. The molecule has 3 aromatic rings. The normalized spacial score (nSPS) is 19.8. The lowest BCUT2D eigenvalue weighted by molar-refractivity contribution is 0.0235. The summed E-state index contributed by atoms with van der Waals surface area (Å²) >= 11 is 0. The third-order valence-corrected chi connectivity index (χ3v) is 5.82. The van der Waals surface area contributed by atoms with Gasteiger partial charge in [-0.2, -0.15) is 0 Å². The van der Waals surface area contributed by atoms with Crippen molar-refractivity contribution in [1.29, 1.82) is 0 Å². The van der Waals surface area contributed by atoms with E-state index >= 15 is 0 Å². The van der Waals surface area contributed by atoms with Crippen LogP contribution in [0.15, 0.2) is 30.6 Å². The number of nitrogens with one attached hydrogen (secondary N) is 1. The van der Waals surface area contributed by atoms with Gasteiger partial charge in [0.15, 0.2) is 0 Å². The summed E-state index contributed by atoms with van der Waals surface area (Å²) in [5, 5.41) is 4.83. The van der Waals surface area contributed by atoms with Crippen LogP contribution in [0.5, 0.6) is 5.88 Å². The highest BCUT2D eigenvalue weighted by atomic mass is 16.5. The van der Waals surface area contributed by atoms with Gasteiger partial charge in [-0.25, -0.2) is 19.7 Å². The summed E-state index contributed by atoms with van der Waals surface area (Å²) in [5.74, 6) is 1.26. The monoisotopic (exact) mass is 437 g/mol. The van der Waals surface area contributed by atoms with Crippen molar-refractivity contribution in [2.24, 2.45) is 5.73 Å². The van der Waals surface area contributed by atoms with Crippen molar-refractivity contribution in [3.05, 3.63) is 47.4 Å². The molecular weight excluding hydrogens is 410 g/mol. The predicted molar refractivity (Wildman–Crippen MR) is 120 cm³/mol. The largest absolute Gasteiger partial charge is 0.481 e. The SMILES string of the molecule is COC[C@@](C)(N)c1cnc(OC)c2cnc(Nc3ccc4c(n3)[C@@H](C)[C@H](C)OC4=O)cc12. The van der Waals surface area contributed by atoms with E-state index in [-0.39, 0.29) is 18.0 Å². The number of aromatic nitrogens is 3. The minimum Gasteiger partial charge on any atom is -0.481 e. The standard InChI is InChI=1S/C23H27N5O4/c1-12-13(2)32-22(29)14-6-7-18(28-20(12)14)27-19-8-15-16(9-25-19)21(31-5)26-10-17(15)23(3,24)11-30-4/h6-10,12-13H,11,24H2,1-5H3,(H,25,27,28)/t12-,13-,23+/m0/s1. The van der Waals surface area contributed by atoms with Crippen LogP contribution in [0.3, 0.4) is 0 Å². The summed E-state index contributed by atoms with van der Waals surface area (Å²) in [5.41, 5.74) is 7.77. The fraction of sp³-hybridized carbons (Fsp3) is 0.391. The molecule has 1 aliphatic rings. The number of hydrogen-bond acceptors (Lipinski definition) is 9. The number of rotatable bonds is 6. The number of esters is 1. The molecule has 0 saturated carbocycles. The number of carbonyl (C=O) groups excluding carboxylic acids is 1. The van der Waals surface area contributed by atoms with Gasteiger partial charge in [-0.1, -0.05) is 6.92 Å². The van der Waals surface area contributed by atoms with Crippen molar-refractivity contribution < 1.29 is 19.0 Å². The molecule has 0 spiro atoms. The maximum Gasteiger partial charge on any atom is 0.340 e. The first kappa shape index (κ1) is 21.9. The van der Waals surface area contributed by atoms with Crippen molar-refractivity contribution in [1.82, 2.24) is 15.0 Å². The van der Waals surface area contributed by atoms with Crippen molar-refractivity contribution >= 4 is 28.4 Å². The van der Waals surface area contributed by atoms with Crippen LogP contribution >= 0.6 is 0 Å². The highest BCUT2D eigenvalue weighted by molar-refractivity contribution is 5.93. The van der Waals surface area contributed by atoms with Gasteiger partial charge in [-0.3, -0.25) is 0 Å². The minimum absolute atomic E-state index is 0.0112. The van der Waals surface area contributed by atoms with Gasteiger partial charge in [0.05, 0.1) is 35.9 Å². The van der Waals surface area contributed by atoms with Crippen LogP contribution < -0.4 is 15.8 Å². The molecule has 0 aromatic carbocycles. The molecule has 4 heterocycles. The fourth-order valence-corrected chi connectivity index (χ4v) is 3.93. The number of nitrogens with zero attached hydrogens (tertiary/aromatic N) is 3. The van der Waals surface area contributed by atoms with Gasteiger partial charge in [-0.15, -0.1) is 0 Å². The molecule has 3 N–H and O–H groups in total. The van der Waals surface area contributed by atoms with Crippen LogP contribution in [-0.2, 0) is 15.0 Å². The molecule has 0 amide bonds. The summed E-state index contributed by atoms with van der Waals surface area (Å²) in [6, 6.07) is 5.35. The molecule has 3 aromatic heterocycles. The fourth-order valence-electron chi connectivity index (χ4n) is 3.93. The second kappa shape index (κ2) is 8.33. The Labute approximate surface area is 186 Å². The topological polar surface area (TPSA) is 121 Å². The third kappa shape index (κ3) is 3.85. The molecule has 0 bridgehead atoms. The highest BCUT2D eigenvalue weighted by Crippen LogP contribution is 2.34. The van der Waals surface area contributed by atoms with E-state index in [1.54, 1.807) is 38.7 Å². The van der Waals surface area contributed by atoms with Gasteiger partial charge < -0.3 is 25.3 Å². The van der Waals surface area contributed by atoms with E-state index in [0.717, 1.165) is 16.3 Å². The molecule has 32 heavy (non-hydrogen) atoms. The number of nitrogens with two attached hydrogens (primary N) is 1. The summed E-state index contributed by atoms with van der Waals surface area (Å²) in [6.45, 7) is 6.06. The molecular formula is C23H27N5O4. The lowest BCUT2D eigenvalue weighted by Crippen LogP contribution is -2.38. The molecule has 0 radical (unpaired) electrons. The first-order valence-corrected chi connectivity index (χ1v) is 10.3. The lowest BCUT2D eigenvalue weighted by atomic mass is 9.91. The van der Waals surface area contributed by atoms with E-state index in [1.165, 1.54) is 0 Å². The molecule has 168 valence electrons. The minimum atomic E-state index is -0.763. The van der Waals surface area contributed by atoms with Crippen LogP contribution in [0.1, 0.15) is 48.3 Å². The maximum atomic E-state index is 12.2. The van der Waals surface area contributed by atoms with Gasteiger partial charge in [0.1, 0.15) is 17.7 Å². The predicted octanol–water partition coefficient (Wildman–Crippen LogP) is 3.26. The van der Waals surface area contributed by atoms with Crippen molar-refractivity contribution in [3.8, 4) is 5.88 Å². The highest BCUT2D eigenvalue weighted by Gasteiger charge is 2.31. The Morgan fingerprint density at radius 2 is 1.94 bits per heavy atom. The first-order chi connectivity index (χ1) is 15.2. The van der Waals surface area contributed by atoms with Crippen LogP contribution in [0, 0.1) is 0 Å². The number of cyclic esters (lactones) is 1. The third-order valence-electron chi connectivity index (χ3n) is 5.82. The Balaban J connectivity index is 1.75. The quantitative estimate of drug-likeness (QED) is 0.560. The molecule has 4 rings (SSSR count). The number of fused-ring (bicyclic) bond motifs is 2. The number of anilines is 2. The van der Waals surface area contributed by atoms with Crippen molar-refractivity contribution in [3.63, 3.8) is 0 Å². The Morgan fingerprint density at radius 1 is 1.16 bits per heavy atom. The second-order valence-electron chi connectivity index (χ2n) is 8.30. The van der Waals surface area contributed by atoms with Gasteiger partial charge >= 0.3 is 5.97 Å². The Morgan fingerprint density at radius 3 is 2.66 bits per heavy atom. The van der Waals surface area contributed by atoms with Gasteiger partial charge in [0.2, 0.25) is 5.88 Å². The van der Waals surface area contributed by atoms with E-state index in [1.807, 2.05) is 26.8 Å².